The van der Waals surface area contributed by atoms with Gasteiger partial charge in [-0.15, -0.1) is 0 Å². The van der Waals surface area contributed by atoms with Crippen molar-refractivity contribution in [2.24, 2.45) is 0 Å². The molecule has 0 fully saturated rings. The first-order valence-corrected chi connectivity index (χ1v) is 5.10. The predicted molar refractivity (Wildman–Crippen MR) is 60.8 cm³/mol. The molecule has 0 saturated carbocycles. The maximum Gasteiger partial charge on any atom is 0.155 e. The normalized spacial score (nSPS) is 11.3. The summed E-state index contributed by atoms with van der Waals surface area (Å²) in [7, 11) is 0. The number of H-pyrrole nitrogens is 1. The first kappa shape index (κ1) is 8.41. The van der Waals surface area contributed by atoms with Crippen molar-refractivity contribution in [2.45, 2.75) is 13.3 Å². The van der Waals surface area contributed by atoms with Gasteiger partial charge in [-0.25, -0.2) is 4.98 Å². The SMILES string of the molecule is CCc1cccc2cc3cn[nH]c3nc12. The first-order chi connectivity index (χ1) is 7.38. The third-order valence-electron chi connectivity index (χ3n) is 2.71. The average molecular weight is 197 g/mol. The molecule has 74 valence electrons. The highest BCUT2D eigenvalue weighted by molar-refractivity contribution is 5.92. The summed E-state index contributed by atoms with van der Waals surface area (Å²) in [5.74, 6) is 0. The molecular weight excluding hydrogens is 186 g/mol. The minimum absolute atomic E-state index is 0.864. The summed E-state index contributed by atoms with van der Waals surface area (Å²) in [4.78, 5) is 4.59. The second-order valence-electron chi connectivity index (χ2n) is 3.64. The van der Waals surface area contributed by atoms with E-state index in [1.54, 1.807) is 6.20 Å². The smallest absolute Gasteiger partial charge is 0.155 e. The molecular formula is C12H11N3. The van der Waals surface area contributed by atoms with Crippen LogP contribution in [0.2, 0.25) is 0 Å². The number of hydrogen-bond donors (Lipinski definition) is 1. The van der Waals surface area contributed by atoms with Crippen molar-refractivity contribution in [3.63, 3.8) is 0 Å². The van der Waals surface area contributed by atoms with Gasteiger partial charge >= 0.3 is 0 Å². The van der Waals surface area contributed by atoms with E-state index in [0.717, 1.165) is 23.0 Å². The van der Waals surface area contributed by atoms with Gasteiger partial charge in [-0.05, 0) is 18.1 Å². The number of hydrogen-bond acceptors (Lipinski definition) is 2. The molecule has 0 atom stereocenters. The molecule has 0 amide bonds. The predicted octanol–water partition coefficient (Wildman–Crippen LogP) is 2.67. The van der Waals surface area contributed by atoms with E-state index in [0.29, 0.717) is 0 Å². The molecule has 0 radical (unpaired) electrons. The van der Waals surface area contributed by atoms with Crippen LogP contribution in [-0.2, 0) is 6.42 Å². The molecule has 2 aromatic heterocycles. The number of benzene rings is 1. The lowest BCUT2D eigenvalue weighted by Crippen LogP contribution is -1.87. The Kier molecular flexibility index (Phi) is 1.71. The summed E-state index contributed by atoms with van der Waals surface area (Å²) in [6.07, 6.45) is 2.81. The number of aryl methyl sites for hydroxylation is 1. The standard InChI is InChI=1S/C12H11N3/c1-2-8-4-3-5-9-6-10-7-13-15-12(10)14-11(8)9/h3-7H,2H2,1H3,(H,13,14,15). The Morgan fingerprint density at radius 2 is 2.20 bits per heavy atom. The Morgan fingerprint density at radius 1 is 1.27 bits per heavy atom. The molecule has 0 spiro atoms. The average Bonchev–Trinajstić information content (AvgIpc) is 2.72. The Balaban J connectivity index is 2.48. The van der Waals surface area contributed by atoms with Crippen LogP contribution < -0.4 is 0 Å². The second kappa shape index (κ2) is 3.05. The highest BCUT2D eigenvalue weighted by Crippen LogP contribution is 2.21. The molecule has 3 heteroatoms. The Hall–Kier alpha value is -1.90. The fourth-order valence-electron chi connectivity index (χ4n) is 1.91. The van der Waals surface area contributed by atoms with Crippen molar-refractivity contribution in [1.29, 1.82) is 0 Å². The van der Waals surface area contributed by atoms with Gasteiger partial charge in [0.2, 0.25) is 0 Å². The van der Waals surface area contributed by atoms with Crippen LogP contribution in [0.5, 0.6) is 0 Å². The molecule has 0 saturated heterocycles. The van der Waals surface area contributed by atoms with Crippen molar-refractivity contribution < 1.29 is 0 Å². The zero-order valence-electron chi connectivity index (χ0n) is 8.49. The zero-order valence-corrected chi connectivity index (χ0v) is 8.49. The summed E-state index contributed by atoms with van der Waals surface area (Å²) in [6.45, 7) is 2.15. The monoisotopic (exact) mass is 197 g/mol. The van der Waals surface area contributed by atoms with Crippen molar-refractivity contribution in [3.05, 3.63) is 36.0 Å². The molecule has 1 N–H and O–H groups in total. The van der Waals surface area contributed by atoms with Gasteiger partial charge in [-0.2, -0.15) is 5.10 Å². The van der Waals surface area contributed by atoms with Crippen LogP contribution in [0, 0.1) is 0 Å². The van der Waals surface area contributed by atoms with Gasteiger partial charge in [0.05, 0.1) is 11.7 Å². The first-order valence-electron chi connectivity index (χ1n) is 5.10. The number of para-hydroxylation sites is 1. The fourth-order valence-corrected chi connectivity index (χ4v) is 1.91. The van der Waals surface area contributed by atoms with Gasteiger partial charge in [0.1, 0.15) is 0 Å². The van der Waals surface area contributed by atoms with E-state index >= 15 is 0 Å². The number of rotatable bonds is 1. The maximum absolute atomic E-state index is 4.59. The Labute approximate surface area is 87.1 Å². The number of aromatic nitrogens is 3. The van der Waals surface area contributed by atoms with Crippen LogP contribution in [0.25, 0.3) is 21.9 Å². The van der Waals surface area contributed by atoms with E-state index < -0.39 is 0 Å². The van der Waals surface area contributed by atoms with E-state index in [2.05, 4.69) is 46.4 Å². The van der Waals surface area contributed by atoms with Crippen molar-refractivity contribution in [3.8, 4) is 0 Å². The third kappa shape index (κ3) is 1.20. The van der Waals surface area contributed by atoms with Crippen LogP contribution in [-0.4, -0.2) is 15.2 Å². The Bertz CT molecular complexity index is 625. The van der Waals surface area contributed by atoms with Crippen molar-refractivity contribution in [2.75, 3.05) is 0 Å². The largest absolute Gasteiger partial charge is 0.261 e. The Morgan fingerprint density at radius 3 is 3.07 bits per heavy atom. The number of nitrogens with one attached hydrogen (secondary N) is 1. The van der Waals surface area contributed by atoms with E-state index in [9.17, 15) is 0 Å². The molecule has 2 heterocycles. The molecule has 3 nitrogen and oxygen atoms in total. The lowest BCUT2D eigenvalue weighted by molar-refractivity contribution is 1.10. The molecule has 0 aliphatic rings. The van der Waals surface area contributed by atoms with E-state index in [1.165, 1.54) is 10.9 Å². The summed E-state index contributed by atoms with van der Waals surface area (Å²) in [6, 6.07) is 8.42. The lowest BCUT2D eigenvalue weighted by Gasteiger charge is -2.02. The van der Waals surface area contributed by atoms with Crippen molar-refractivity contribution >= 4 is 21.9 Å². The van der Waals surface area contributed by atoms with E-state index in [4.69, 9.17) is 0 Å². The minimum atomic E-state index is 0.864. The molecule has 15 heavy (non-hydrogen) atoms. The second-order valence-corrected chi connectivity index (χ2v) is 3.64. The van der Waals surface area contributed by atoms with Gasteiger partial charge in [-0.1, -0.05) is 25.1 Å². The highest BCUT2D eigenvalue weighted by atomic mass is 15.1. The molecule has 1 aromatic carbocycles. The molecule has 0 aliphatic carbocycles. The minimum Gasteiger partial charge on any atom is -0.261 e. The lowest BCUT2D eigenvalue weighted by atomic mass is 10.1. The summed E-state index contributed by atoms with van der Waals surface area (Å²) >= 11 is 0. The van der Waals surface area contributed by atoms with Crippen LogP contribution >= 0.6 is 0 Å². The number of aromatic amines is 1. The van der Waals surface area contributed by atoms with Crippen LogP contribution in [0.1, 0.15) is 12.5 Å². The molecule has 0 aliphatic heterocycles. The number of pyridine rings is 1. The highest BCUT2D eigenvalue weighted by Gasteiger charge is 2.03. The van der Waals surface area contributed by atoms with Gasteiger partial charge < -0.3 is 0 Å². The molecule has 0 unspecified atom stereocenters. The van der Waals surface area contributed by atoms with Gasteiger partial charge in [0, 0.05) is 10.8 Å². The summed E-state index contributed by atoms with van der Waals surface area (Å²) < 4.78 is 0. The molecule has 3 rings (SSSR count). The topological polar surface area (TPSA) is 41.6 Å². The van der Waals surface area contributed by atoms with Crippen LogP contribution in [0.15, 0.2) is 30.5 Å². The number of fused-ring (bicyclic) bond motifs is 2. The quantitative estimate of drug-likeness (QED) is 0.651. The van der Waals surface area contributed by atoms with Gasteiger partial charge in [-0.3, -0.25) is 5.10 Å². The van der Waals surface area contributed by atoms with E-state index in [-0.39, 0.29) is 0 Å². The zero-order chi connectivity index (χ0) is 10.3. The number of nitrogens with zero attached hydrogens (tertiary/aromatic N) is 2. The molecule has 3 aromatic rings. The molecule has 0 bridgehead atoms. The summed E-state index contributed by atoms with van der Waals surface area (Å²) in [5, 5.41) is 9.14. The van der Waals surface area contributed by atoms with Gasteiger partial charge in [0.15, 0.2) is 5.65 Å². The van der Waals surface area contributed by atoms with Gasteiger partial charge in [0.25, 0.3) is 0 Å². The van der Waals surface area contributed by atoms with E-state index in [1.807, 2.05) is 0 Å². The van der Waals surface area contributed by atoms with Crippen LogP contribution in [0.3, 0.4) is 0 Å². The maximum atomic E-state index is 4.59. The third-order valence-corrected chi connectivity index (χ3v) is 2.71. The van der Waals surface area contributed by atoms with Crippen molar-refractivity contribution in [1.82, 2.24) is 15.2 Å². The fraction of sp³-hybridized carbons (Fsp3) is 0.167. The summed E-state index contributed by atoms with van der Waals surface area (Å²) in [5.41, 5.74) is 3.23. The van der Waals surface area contributed by atoms with Crippen LogP contribution in [0.4, 0.5) is 0 Å².